The van der Waals surface area contributed by atoms with E-state index in [1.807, 2.05) is 25.2 Å². The van der Waals surface area contributed by atoms with Gasteiger partial charge in [-0.05, 0) is 44.5 Å². The maximum Gasteiger partial charge on any atom is 0.120 e. The van der Waals surface area contributed by atoms with Crippen LogP contribution in [0, 0.1) is 0 Å². The zero-order valence-corrected chi connectivity index (χ0v) is 11.9. The predicted octanol–water partition coefficient (Wildman–Crippen LogP) is 3.18. The average molecular weight is 270 g/mol. The Bertz CT molecular complexity index is 416. The highest BCUT2D eigenvalue weighted by molar-refractivity contribution is 6.31. The number of halogens is 1. The molecule has 2 rings (SSSR count). The van der Waals surface area contributed by atoms with Crippen LogP contribution in [0.4, 0.5) is 0 Å². The number of hydrogen-bond acceptors (Lipinski definition) is 3. The molecule has 4 heteroatoms. The quantitative estimate of drug-likeness (QED) is 0.911. The molecule has 1 aliphatic heterocycles. The molecule has 1 aromatic carbocycles. The molecule has 0 radical (unpaired) electrons. The highest BCUT2D eigenvalue weighted by Crippen LogP contribution is 2.40. The smallest absolute Gasteiger partial charge is 0.120 e. The second kappa shape index (κ2) is 5.47. The largest absolute Gasteiger partial charge is 0.497 e. The lowest BCUT2D eigenvalue weighted by Crippen LogP contribution is -2.39. The Labute approximate surface area is 113 Å². The van der Waals surface area contributed by atoms with Gasteiger partial charge in [-0.3, -0.25) is 0 Å². The van der Waals surface area contributed by atoms with Gasteiger partial charge in [-0.15, -0.1) is 0 Å². The van der Waals surface area contributed by atoms with E-state index in [2.05, 4.69) is 12.2 Å². The van der Waals surface area contributed by atoms with Crippen LogP contribution < -0.4 is 10.1 Å². The Morgan fingerprint density at radius 2 is 2.28 bits per heavy atom. The van der Waals surface area contributed by atoms with Crippen LogP contribution in [0.5, 0.6) is 5.75 Å². The summed E-state index contributed by atoms with van der Waals surface area (Å²) in [7, 11) is 3.58. The Kier molecular flexibility index (Phi) is 4.15. The van der Waals surface area contributed by atoms with E-state index in [1.165, 1.54) is 0 Å². The summed E-state index contributed by atoms with van der Waals surface area (Å²) in [5.74, 6) is 0.774. The molecule has 2 unspecified atom stereocenters. The zero-order chi connectivity index (χ0) is 13.2. The van der Waals surface area contributed by atoms with Crippen molar-refractivity contribution in [2.75, 3.05) is 20.8 Å². The number of benzene rings is 1. The molecule has 100 valence electrons. The Hall–Kier alpha value is -0.770. The van der Waals surface area contributed by atoms with E-state index in [-0.39, 0.29) is 11.6 Å². The van der Waals surface area contributed by atoms with Crippen LogP contribution in [0.2, 0.25) is 5.02 Å². The molecule has 1 N–H and O–H groups in total. The van der Waals surface area contributed by atoms with Gasteiger partial charge in [0.2, 0.25) is 0 Å². The maximum atomic E-state index is 6.35. The van der Waals surface area contributed by atoms with Crippen molar-refractivity contribution in [2.45, 2.75) is 31.4 Å². The van der Waals surface area contributed by atoms with Gasteiger partial charge in [0, 0.05) is 11.6 Å². The van der Waals surface area contributed by atoms with Crippen molar-refractivity contribution in [3.8, 4) is 5.75 Å². The third-order valence-corrected chi connectivity index (χ3v) is 3.99. The van der Waals surface area contributed by atoms with Gasteiger partial charge in [-0.2, -0.15) is 0 Å². The lowest BCUT2D eigenvalue weighted by Gasteiger charge is -2.34. The molecule has 0 spiro atoms. The van der Waals surface area contributed by atoms with Crippen LogP contribution in [0.15, 0.2) is 18.2 Å². The van der Waals surface area contributed by atoms with E-state index >= 15 is 0 Å². The summed E-state index contributed by atoms with van der Waals surface area (Å²) in [6.45, 7) is 2.96. The van der Waals surface area contributed by atoms with E-state index in [4.69, 9.17) is 21.1 Å². The van der Waals surface area contributed by atoms with Crippen molar-refractivity contribution in [1.29, 1.82) is 0 Å². The van der Waals surface area contributed by atoms with E-state index in [0.29, 0.717) is 5.02 Å². The molecule has 1 saturated heterocycles. The van der Waals surface area contributed by atoms with Crippen LogP contribution in [-0.2, 0) is 4.74 Å². The first-order chi connectivity index (χ1) is 8.60. The summed E-state index contributed by atoms with van der Waals surface area (Å²) in [5, 5.41) is 4.04. The normalized spacial score (nSPS) is 25.1. The molecule has 18 heavy (non-hydrogen) atoms. The van der Waals surface area contributed by atoms with Gasteiger partial charge in [0.25, 0.3) is 0 Å². The molecular formula is C14H20ClNO2. The molecule has 0 aliphatic carbocycles. The third kappa shape index (κ3) is 2.48. The second-order valence-corrected chi connectivity index (χ2v) is 5.28. The molecule has 1 aromatic rings. The molecule has 0 saturated carbocycles. The van der Waals surface area contributed by atoms with Crippen LogP contribution in [0.25, 0.3) is 0 Å². The van der Waals surface area contributed by atoms with Gasteiger partial charge in [0.15, 0.2) is 0 Å². The predicted molar refractivity (Wildman–Crippen MR) is 73.4 cm³/mol. The number of hydrogen-bond donors (Lipinski definition) is 1. The minimum absolute atomic E-state index is 0.0957. The van der Waals surface area contributed by atoms with Crippen LogP contribution in [-0.4, -0.2) is 26.4 Å². The molecule has 0 amide bonds. The standard InChI is InChI=1S/C14H20ClNO2/c1-14(7-4-8-18-14)13(16-2)11-6-5-10(17-3)9-12(11)15/h5-6,9,13,16H,4,7-8H2,1-3H3. The Morgan fingerprint density at radius 1 is 1.50 bits per heavy atom. The van der Waals surface area contributed by atoms with Crippen molar-refractivity contribution >= 4 is 11.6 Å². The fraction of sp³-hybridized carbons (Fsp3) is 0.571. The van der Waals surface area contributed by atoms with E-state index in [9.17, 15) is 0 Å². The highest BCUT2D eigenvalue weighted by Gasteiger charge is 2.39. The van der Waals surface area contributed by atoms with Gasteiger partial charge in [-0.1, -0.05) is 17.7 Å². The van der Waals surface area contributed by atoms with E-state index < -0.39 is 0 Å². The highest BCUT2D eigenvalue weighted by atomic mass is 35.5. The van der Waals surface area contributed by atoms with Crippen molar-refractivity contribution in [3.63, 3.8) is 0 Å². The summed E-state index contributed by atoms with van der Waals surface area (Å²) in [5.41, 5.74) is 0.872. The molecular weight excluding hydrogens is 250 g/mol. The first kappa shape index (κ1) is 13.7. The topological polar surface area (TPSA) is 30.5 Å². The fourth-order valence-corrected chi connectivity index (χ4v) is 2.97. The summed E-state index contributed by atoms with van der Waals surface area (Å²) in [6, 6.07) is 5.89. The molecule has 1 fully saturated rings. The molecule has 3 nitrogen and oxygen atoms in total. The SMILES string of the molecule is CNC(c1ccc(OC)cc1Cl)C1(C)CCCO1. The van der Waals surface area contributed by atoms with Crippen LogP contribution >= 0.6 is 11.6 Å². The van der Waals surface area contributed by atoms with Crippen molar-refractivity contribution in [1.82, 2.24) is 5.32 Å². The van der Waals surface area contributed by atoms with Crippen molar-refractivity contribution in [2.24, 2.45) is 0 Å². The Morgan fingerprint density at radius 3 is 2.78 bits per heavy atom. The van der Waals surface area contributed by atoms with Gasteiger partial charge >= 0.3 is 0 Å². The summed E-state index contributed by atoms with van der Waals surface area (Å²) < 4.78 is 11.1. The molecule has 1 heterocycles. The lowest BCUT2D eigenvalue weighted by molar-refractivity contribution is -0.0104. The van der Waals surface area contributed by atoms with Crippen molar-refractivity contribution < 1.29 is 9.47 Å². The third-order valence-electron chi connectivity index (χ3n) is 3.67. The van der Waals surface area contributed by atoms with E-state index in [0.717, 1.165) is 30.8 Å². The average Bonchev–Trinajstić information content (AvgIpc) is 2.79. The zero-order valence-electron chi connectivity index (χ0n) is 11.1. The lowest BCUT2D eigenvalue weighted by atomic mass is 9.88. The minimum atomic E-state index is -0.188. The fourth-order valence-electron chi connectivity index (χ4n) is 2.69. The number of methoxy groups -OCH3 is 1. The minimum Gasteiger partial charge on any atom is -0.497 e. The van der Waals surface area contributed by atoms with Crippen LogP contribution in [0.1, 0.15) is 31.4 Å². The van der Waals surface area contributed by atoms with Gasteiger partial charge in [0.05, 0.1) is 18.8 Å². The van der Waals surface area contributed by atoms with Gasteiger partial charge in [-0.25, -0.2) is 0 Å². The van der Waals surface area contributed by atoms with Gasteiger partial charge < -0.3 is 14.8 Å². The summed E-state index contributed by atoms with van der Waals surface area (Å²) in [6.07, 6.45) is 2.14. The molecule has 0 bridgehead atoms. The molecule has 1 aliphatic rings. The summed E-state index contributed by atoms with van der Waals surface area (Å²) in [4.78, 5) is 0. The maximum absolute atomic E-state index is 6.35. The number of rotatable bonds is 4. The van der Waals surface area contributed by atoms with Gasteiger partial charge in [0.1, 0.15) is 5.75 Å². The molecule has 0 aromatic heterocycles. The van der Waals surface area contributed by atoms with Crippen LogP contribution in [0.3, 0.4) is 0 Å². The van der Waals surface area contributed by atoms with Crippen molar-refractivity contribution in [3.05, 3.63) is 28.8 Å². The first-order valence-electron chi connectivity index (χ1n) is 6.25. The number of nitrogens with one attached hydrogen (secondary N) is 1. The molecule has 2 atom stereocenters. The second-order valence-electron chi connectivity index (χ2n) is 4.87. The Balaban J connectivity index is 2.32. The number of ether oxygens (including phenoxy) is 2. The number of likely N-dealkylation sites (N-methyl/N-ethyl adjacent to an activating group) is 1. The summed E-state index contributed by atoms with van der Waals surface area (Å²) >= 11 is 6.35. The first-order valence-corrected chi connectivity index (χ1v) is 6.63. The monoisotopic (exact) mass is 269 g/mol. The van der Waals surface area contributed by atoms with E-state index in [1.54, 1.807) is 7.11 Å².